The van der Waals surface area contributed by atoms with Crippen LogP contribution in [0.1, 0.15) is 23.0 Å². The number of para-hydroxylation sites is 1. The van der Waals surface area contributed by atoms with Crippen LogP contribution in [0.3, 0.4) is 0 Å². The highest BCUT2D eigenvalue weighted by Gasteiger charge is 2.26. The van der Waals surface area contributed by atoms with Crippen molar-refractivity contribution in [2.24, 2.45) is 5.73 Å². The smallest absolute Gasteiger partial charge is 0.270 e. The first-order valence-electron chi connectivity index (χ1n) is 6.68. The van der Waals surface area contributed by atoms with Gasteiger partial charge >= 0.3 is 0 Å². The van der Waals surface area contributed by atoms with Gasteiger partial charge in [-0.2, -0.15) is 5.10 Å². The zero-order valence-electron chi connectivity index (χ0n) is 12.2. The third kappa shape index (κ3) is 3.03. The SMILES string of the molecule is CCc1[nH]ncc1C(=O)N(C(=N)N)c1nc2ccccc2s1.Cl. The van der Waals surface area contributed by atoms with Gasteiger partial charge in [-0.15, -0.1) is 12.4 Å². The Hall–Kier alpha value is -2.45. The van der Waals surface area contributed by atoms with Crippen molar-refractivity contribution < 1.29 is 4.79 Å². The molecule has 0 aliphatic carbocycles. The van der Waals surface area contributed by atoms with E-state index >= 15 is 0 Å². The first-order valence-corrected chi connectivity index (χ1v) is 7.49. The maximum atomic E-state index is 12.7. The molecule has 7 nitrogen and oxygen atoms in total. The second-order valence-corrected chi connectivity index (χ2v) is 5.61. The maximum Gasteiger partial charge on any atom is 0.270 e. The summed E-state index contributed by atoms with van der Waals surface area (Å²) in [5.41, 5.74) is 7.49. The minimum Gasteiger partial charge on any atom is -0.369 e. The molecule has 0 unspecified atom stereocenters. The van der Waals surface area contributed by atoms with Crippen molar-refractivity contribution in [2.45, 2.75) is 13.3 Å². The number of guanidine groups is 1. The molecule has 120 valence electrons. The van der Waals surface area contributed by atoms with E-state index in [0.29, 0.717) is 22.8 Å². The standard InChI is InChI=1S/C14H14N6OS.ClH/c1-2-9-8(7-17-19-9)12(21)20(13(15)16)14-18-10-5-3-4-6-11(10)22-14;/h3-7H,2H2,1H3,(H3,15,16)(H,17,19);1H. The molecule has 0 atom stereocenters. The fraction of sp³-hybridized carbons (Fsp3) is 0.143. The second kappa shape index (κ2) is 6.76. The lowest BCUT2D eigenvalue weighted by molar-refractivity contribution is 0.100. The molecular formula is C14H15ClN6OS. The van der Waals surface area contributed by atoms with Gasteiger partial charge in [-0.05, 0) is 18.6 Å². The number of halogens is 1. The van der Waals surface area contributed by atoms with E-state index in [1.165, 1.54) is 17.5 Å². The summed E-state index contributed by atoms with van der Waals surface area (Å²) >= 11 is 1.32. The van der Waals surface area contributed by atoms with Gasteiger partial charge in [0.15, 0.2) is 0 Å². The summed E-state index contributed by atoms with van der Waals surface area (Å²) in [7, 11) is 0. The molecule has 9 heteroatoms. The number of nitrogens with two attached hydrogens (primary N) is 1. The van der Waals surface area contributed by atoms with E-state index in [1.54, 1.807) is 0 Å². The van der Waals surface area contributed by atoms with Crippen molar-refractivity contribution in [1.82, 2.24) is 15.2 Å². The fourth-order valence-corrected chi connectivity index (χ4v) is 3.12. The van der Waals surface area contributed by atoms with Crippen LogP contribution in [0.15, 0.2) is 30.5 Å². The normalized spacial score (nSPS) is 10.3. The molecule has 0 aliphatic heterocycles. The Balaban J connectivity index is 0.00000192. The number of H-pyrrole nitrogens is 1. The van der Waals surface area contributed by atoms with Crippen LogP contribution in [0.5, 0.6) is 0 Å². The van der Waals surface area contributed by atoms with Gasteiger partial charge in [0.25, 0.3) is 5.91 Å². The number of benzene rings is 1. The number of amides is 1. The number of hydrogen-bond acceptors (Lipinski definition) is 5. The molecule has 3 aromatic rings. The molecule has 23 heavy (non-hydrogen) atoms. The molecule has 0 bridgehead atoms. The summed E-state index contributed by atoms with van der Waals surface area (Å²) < 4.78 is 0.930. The van der Waals surface area contributed by atoms with Crippen LogP contribution < -0.4 is 10.6 Å². The first kappa shape index (κ1) is 16.9. The molecule has 2 heterocycles. The van der Waals surface area contributed by atoms with Crippen LogP contribution in [-0.2, 0) is 6.42 Å². The van der Waals surface area contributed by atoms with E-state index in [2.05, 4.69) is 15.2 Å². The molecule has 0 saturated heterocycles. The molecule has 0 radical (unpaired) electrons. The fourth-order valence-electron chi connectivity index (χ4n) is 2.14. The van der Waals surface area contributed by atoms with E-state index < -0.39 is 5.91 Å². The van der Waals surface area contributed by atoms with Crippen molar-refractivity contribution in [3.63, 3.8) is 0 Å². The van der Waals surface area contributed by atoms with E-state index in [0.717, 1.165) is 15.1 Å². The number of aromatic nitrogens is 3. The van der Waals surface area contributed by atoms with Crippen molar-refractivity contribution in [2.75, 3.05) is 4.90 Å². The van der Waals surface area contributed by atoms with Gasteiger partial charge in [-0.1, -0.05) is 30.4 Å². The minimum absolute atomic E-state index is 0. The Labute approximate surface area is 142 Å². The summed E-state index contributed by atoms with van der Waals surface area (Å²) in [4.78, 5) is 18.2. The van der Waals surface area contributed by atoms with Gasteiger partial charge in [0.05, 0.1) is 22.0 Å². The van der Waals surface area contributed by atoms with E-state index in [-0.39, 0.29) is 18.4 Å². The summed E-state index contributed by atoms with van der Waals surface area (Å²) in [6.07, 6.45) is 2.08. The average Bonchev–Trinajstić information content (AvgIpc) is 3.12. The summed E-state index contributed by atoms with van der Waals surface area (Å²) in [6, 6.07) is 7.54. The van der Waals surface area contributed by atoms with Crippen LogP contribution in [0.25, 0.3) is 10.2 Å². The number of hydrogen-bond donors (Lipinski definition) is 3. The second-order valence-electron chi connectivity index (χ2n) is 4.61. The van der Waals surface area contributed by atoms with Gasteiger partial charge in [0.1, 0.15) is 0 Å². The van der Waals surface area contributed by atoms with Crippen LogP contribution >= 0.6 is 23.7 Å². The summed E-state index contributed by atoms with van der Waals surface area (Å²) in [5, 5.41) is 14.8. The van der Waals surface area contributed by atoms with E-state index in [4.69, 9.17) is 11.1 Å². The monoisotopic (exact) mass is 350 g/mol. The third-order valence-electron chi connectivity index (χ3n) is 3.22. The highest BCUT2D eigenvalue weighted by atomic mass is 35.5. The number of anilines is 1. The van der Waals surface area contributed by atoms with Crippen LogP contribution in [-0.4, -0.2) is 27.0 Å². The topological polar surface area (TPSA) is 112 Å². The number of fused-ring (bicyclic) bond motifs is 1. The van der Waals surface area contributed by atoms with Crippen molar-refractivity contribution >= 4 is 51.0 Å². The van der Waals surface area contributed by atoms with Gasteiger partial charge in [0, 0.05) is 5.69 Å². The number of nitrogens with one attached hydrogen (secondary N) is 2. The molecule has 0 spiro atoms. The van der Waals surface area contributed by atoms with Gasteiger partial charge in [-0.25, -0.2) is 9.88 Å². The summed E-state index contributed by atoms with van der Waals surface area (Å²) in [5.74, 6) is -0.774. The zero-order chi connectivity index (χ0) is 15.7. The number of carbonyl (C=O) groups is 1. The number of nitrogens with zero attached hydrogens (tertiary/aromatic N) is 3. The number of rotatable bonds is 3. The largest absolute Gasteiger partial charge is 0.369 e. The molecule has 0 aliphatic rings. The zero-order valence-corrected chi connectivity index (χ0v) is 13.9. The number of thiazole rings is 1. The minimum atomic E-state index is -0.405. The third-order valence-corrected chi connectivity index (χ3v) is 4.24. The number of aromatic amines is 1. The lowest BCUT2D eigenvalue weighted by Gasteiger charge is -2.17. The molecule has 0 saturated carbocycles. The quantitative estimate of drug-likeness (QED) is 0.497. The van der Waals surface area contributed by atoms with E-state index in [1.807, 2.05) is 31.2 Å². The van der Waals surface area contributed by atoms with Crippen molar-refractivity contribution in [1.29, 1.82) is 5.41 Å². The molecule has 0 fully saturated rings. The first-order chi connectivity index (χ1) is 10.6. The Morgan fingerprint density at radius 1 is 1.43 bits per heavy atom. The molecule has 4 N–H and O–H groups in total. The highest BCUT2D eigenvalue weighted by Crippen LogP contribution is 2.29. The summed E-state index contributed by atoms with van der Waals surface area (Å²) in [6.45, 7) is 1.92. The Bertz CT molecular complexity index is 825. The predicted molar refractivity (Wildman–Crippen MR) is 93.6 cm³/mol. The Kier molecular flexibility index (Phi) is 4.97. The highest BCUT2D eigenvalue weighted by molar-refractivity contribution is 7.22. The molecule has 1 amide bonds. The van der Waals surface area contributed by atoms with Crippen molar-refractivity contribution in [3.05, 3.63) is 41.7 Å². The Morgan fingerprint density at radius 3 is 2.83 bits per heavy atom. The molecule has 3 rings (SSSR count). The van der Waals surface area contributed by atoms with Gasteiger partial charge < -0.3 is 5.73 Å². The van der Waals surface area contributed by atoms with Crippen LogP contribution in [0, 0.1) is 5.41 Å². The van der Waals surface area contributed by atoms with E-state index in [9.17, 15) is 4.79 Å². The molecular weight excluding hydrogens is 336 g/mol. The Morgan fingerprint density at radius 2 is 2.17 bits per heavy atom. The van der Waals surface area contributed by atoms with Crippen LogP contribution in [0.2, 0.25) is 0 Å². The van der Waals surface area contributed by atoms with Gasteiger partial charge in [-0.3, -0.25) is 15.3 Å². The predicted octanol–water partition coefficient (Wildman–Crippen LogP) is 2.54. The lowest BCUT2D eigenvalue weighted by Crippen LogP contribution is -2.41. The lowest BCUT2D eigenvalue weighted by atomic mass is 10.2. The molecule has 2 aromatic heterocycles. The molecule has 1 aromatic carbocycles. The maximum absolute atomic E-state index is 12.7. The number of carbonyl (C=O) groups excluding carboxylic acids is 1. The van der Waals surface area contributed by atoms with Gasteiger partial charge in [0.2, 0.25) is 11.1 Å². The van der Waals surface area contributed by atoms with Crippen molar-refractivity contribution in [3.8, 4) is 0 Å². The average molecular weight is 351 g/mol. The van der Waals surface area contributed by atoms with Crippen LogP contribution in [0.4, 0.5) is 5.13 Å². The number of aryl methyl sites for hydroxylation is 1.